The predicted molar refractivity (Wildman–Crippen MR) is 389 cm³/mol. The molecule has 594 valence electrons. The van der Waals surface area contributed by atoms with Gasteiger partial charge in [0, 0.05) is 75.4 Å². The van der Waals surface area contributed by atoms with Crippen molar-refractivity contribution in [3.8, 4) is 0 Å². The number of halogens is 5. The fourth-order valence-corrected chi connectivity index (χ4v) is 18.0. The van der Waals surface area contributed by atoms with Crippen LogP contribution in [0.2, 0.25) is 0 Å². The molecule has 0 aromatic carbocycles. The summed E-state index contributed by atoms with van der Waals surface area (Å²) in [5, 5.41) is 7.62. The monoisotopic (exact) mass is 1510 g/mol. The lowest BCUT2D eigenvalue weighted by molar-refractivity contribution is -0.182. The van der Waals surface area contributed by atoms with Crippen molar-refractivity contribution in [3.05, 3.63) is 0 Å². The van der Waals surface area contributed by atoms with Gasteiger partial charge in [-0.25, -0.2) is 4.39 Å². The van der Waals surface area contributed by atoms with Crippen molar-refractivity contribution in [1.29, 1.82) is 0 Å². The van der Waals surface area contributed by atoms with Crippen LogP contribution in [0.5, 0.6) is 0 Å². The van der Waals surface area contributed by atoms with E-state index in [1.54, 1.807) is 6.92 Å². The highest BCUT2D eigenvalue weighted by Gasteiger charge is 2.53. The molecule has 2 aliphatic heterocycles. The molecule has 0 radical (unpaired) electrons. The fourth-order valence-electron chi connectivity index (χ4n) is 17.5. The van der Waals surface area contributed by atoms with Crippen molar-refractivity contribution in [2.75, 3.05) is 76.5 Å². The lowest BCUT2D eigenvalue weighted by atomic mass is 9.78. The smallest absolute Gasteiger partial charge is 0.347 e. The highest BCUT2D eigenvalue weighted by molar-refractivity contribution is 6.21. The summed E-state index contributed by atoms with van der Waals surface area (Å²) in [4.78, 5) is 193. The first kappa shape index (κ1) is 85.9. The zero-order valence-corrected chi connectivity index (χ0v) is 65.7. The number of rotatable bonds is 13. The van der Waals surface area contributed by atoms with E-state index in [1.807, 2.05) is 20.8 Å². The number of carbonyl (C=O) groups excluding carboxylic acids is 12. The molecule has 29 heteroatoms. The van der Waals surface area contributed by atoms with Crippen LogP contribution in [0.3, 0.4) is 0 Å². The largest absolute Gasteiger partial charge is 0.393 e. The maximum atomic E-state index is 15.8. The maximum Gasteiger partial charge on any atom is 0.393 e. The Labute approximate surface area is 624 Å². The Hall–Kier alpha value is -6.35. The molecular weight excluding hydrogens is 1380 g/mol. The molecule has 2 saturated heterocycles. The molecular formula is C76H123ClF4N12O12. The van der Waals surface area contributed by atoms with Gasteiger partial charge in [-0.2, -0.15) is 13.2 Å². The van der Waals surface area contributed by atoms with Gasteiger partial charge in [0.05, 0.1) is 18.9 Å². The summed E-state index contributed by atoms with van der Waals surface area (Å²) in [5.74, 6) is -11.5. The van der Waals surface area contributed by atoms with Crippen LogP contribution >= 0.6 is 11.6 Å². The SMILES string of the molecule is CC[C@H](C)[C@@H]1NC(=O)[C@H](CC(C)C)N(C)C(=O)C[C@@H](C(=O)N(C)C)N(C)C(=O)[C@H](C2CCCC2)N(C)C(=O)C2(CCCC2)NC(=O)[C@H](CC2CCC(F)CC2)N(C)C(=O)[C@H](CCC2CCC(C(F)(F)F)C(Cl)C2)NC(=O)CN(C)C(=O)[C@H](CC2CCCCC2)N(C)C(=O)[C@@H]2CCN2C(=O)[C@H](C)N(C)C1=O. The number of carbonyl (C=O) groups is 12. The average molecular weight is 1510 g/mol. The lowest BCUT2D eigenvalue weighted by Crippen LogP contribution is -2.65. The minimum atomic E-state index is -4.54. The summed E-state index contributed by atoms with van der Waals surface area (Å²) in [5.41, 5.74) is -1.65. The van der Waals surface area contributed by atoms with E-state index in [0.717, 1.165) is 49.8 Å². The van der Waals surface area contributed by atoms with Gasteiger partial charge in [0.15, 0.2) is 0 Å². The van der Waals surface area contributed by atoms with E-state index in [-0.39, 0.29) is 108 Å². The number of hydrogen-bond acceptors (Lipinski definition) is 12. The van der Waals surface area contributed by atoms with E-state index in [2.05, 4.69) is 16.0 Å². The van der Waals surface area contributed by atoms with Gasteiger partial charge in [-0.3, -0.25) is 57.5 Å². The molecule has 7 rings (SSSR count). The summed E-state index contributed by atoms with van der Waals surface area (Å²) in [6, 6.07) is -11.2. The third-order valence-corrected chi connectivity index (χ3v) is 25.4. The first-order chi connectivity index (χ1) is 49.3. The minimum absolute atomic E-state index is 0.00991. The van der Waals surface area contributed by atoms with Crippen LogP contribution in [0.1, 0.15) is 214 Å². The van der Waals surface area contributed by atoms with Crippen molar-refractivity contribution in [1.82, 2.24) is 60.0 Å². The number of nitrogens with zero attached hydrogens (tertiary/aromatic N) is 9. The number of alkyl halides is 5. The minimum Gasteiger partial charge on any atom is -0.347 e. The molecule has 24 nitrogen and oxygen atoms in total. The number of nitrogens with one attached hydrogen (secondary N) is 3. The highest BCUT2D eigenvalue weighted by atomic mass is 35.5. The number of likely N-dealkylation sites (N-methyl/N-ethyl adjacent to an activating group) is 8. The Balaban J connectivity index is 1.32. The summed E-state index contributed by atoms with van der Waals surface area (Å²) >= 11 is 6.45. The Kier molecular flexibility index (Phi) is 30.8. The maximum absolute atomic E-state index is 15.8. The average Bonchev–Trinajstić information content (AvgIpc) is 1.59. The van der Waals surface area contributed by atoms with Crippen LogP contribution in [-0.2, 0) is 57.5 Å². The molecule has 3 N–H and O–H groups in total. The molecule has 0 aromatic rings. The van der Waals surface area contributed by atoms with Crippen LogP contribution in [0.4, 0.5) is 17.6 Å². The molecule has 105 heavy (non-hydrogen) atoms. The number of fused-ring (bicyclic) bond motifs is 1. The first-order valence-electron chi connectivity index (χ1n) is 39.0. The molecule has 13 atom stereocenters. The molecule has 0 bridgehead atoms. The third-order valence-electron chi connectivity index (χ3n) is 24.9. The van der Waals surface area contributed by atoms with Crippen LogP contribution in [-0.4, -0.2) is 269 Å². The summed E-state index contributed by atoms with van der Waals surface area (Å²) in [6.07, 6.45) is 3.71. The molecule has 1 spiro atoms. The van der Waals surface area contributed by atoms with Gasteiger partial charge >= 0.3 is 6.18 Å². The van der Waals surface area contributed by atoms with Crippen molar-refractivity contribution in [2.24, 2.45) is 41.4 Å². The molecule has 5 saturated carbocycles. The second-order valence-electron chi connectivity index (χ2n) is 32.8. The Morgan fingerprint density at radius 3 is 1.75 bits per heavy atom. The van der Waals surface area contributed by atoms with Crippen molar-refractivity contribution in [2.45, 2.75) is 292 Å². The quantitative estimate of drug-likeness (QED) is 0.120. The van der Waals surface area contributed by atoms with E-state index in [1.165, 1.54) is 110 Å². The zero-order chi connectivity index (χ0) is 77.9. The van der Waals surface area contributed by atoms with E-state index >= 15 is 24.0 Å². The van der Waals surface area contributed by atoms with Crippen molar-refractivity contribution < 1.29 is 75.1 Å². The number of hydrogen-bond donors (Lipinski definition) is 3. The van der Waals surface area contributed by atoms with E-state index in [4.69, 9.17) is 11.6 Å². The van der Waals surface area contributed by atoms with E-state index in [9.17, 15) is 51.1 Å². The predicted octanol–water partition coefficient (Wildman–Crippen LogP) is 7.46. The second-order valence-corrected chi connectivity index (χ2v) is 33.4. The van der Waals surface area contributed by atoms with E-state index in [0.29, 0.717) is 44.9 Å². The summed E-state index contributed by atoms with van der Waals surface area (Å²) < 4.78 is 57.3. The number of amides is 12. The summed E-state index contributed by atoms with van der Waals surface area (Å²) in [6.45, 7) is 8.36. The summed E-state index contributed by atoms with van der Waals surface area (Å²) in [7, 11) is 13.0. The molecule has 2 heterocycles. The Bertz CT molecular complexity index is 3070. The van der Waals surface area contributed by atoms with E-state index < -0.39 is 185 Å². The van der Waals surface area contributed by atoms with Gasteiger partial charge in [0.2, 0.25) is 70.9 Å². The second kappa shape index (κ2) is 37.7. The van der Waals surface area contributed by atoms with Crippen molar-refractivity contribution >= 4 is 82.5 Å². The van der Waals surface area contributed by atoms with Crippen LogP contribution in [0.15, 0.2) is 0 Å². The van der Waals surface area contributed by atoms with Gasteiger partial charge in [0.1, 0.15) is 66.1 Å². The third kappa shape index (κ3) is 21.1. The van der Waals surface area contributed by atoms with Crippen molar-refractivity contribution in [3.63, 3.8) is 0 Å². The highest BCUT2D eigenvalue weighted by Crippen LogP contribution is 2.44. The zero-order valence-electron chi connectivity index (χ0n) is 64.9. The Morgan fingerprint density at radius 2 is 1.19 bits per heavy atom. The topological polar surface area (TPSA) is 270 Å². The van der Waals surface area contributed by atoms with Gasteiger partial charge in [-0.15, -0.1) is 11.6 Å². The first-order valence-corrected chi connectivity index (χ1v) is 39.4. The van der Waals surface area contributed by atoms with Gasteiger partial charge in [0.25, 0.3) is 0 Å². The molecule has 5 aliphatic carbocycles. The standard InChI is InChI=1S/C76H123ClF4N12O12/c1-15-46(4)63-72(103)87(9)47(5)67(98)93-38-35-56(93)71(102)90(12)59(42-48-23-17-16-18-24-48)70(101)86(8)44-61(94)82-55(34-30-49-29-33-53(54(77)40-49)76(79,80)81)68(99)89(11)58(41-50-27-31-52(78)32-28-50)66(97)84-75(36-21-22-37-75)74(105)92(14)64(51-25-19-20-26-51)73(104)91(13)60(69(100)85(6)7)43-62(95)88(10)57(39-45(2)3)65(96)83-63/h45-60,63-64H,15-44H2,1-14H3,(H,82,94)(H,83,96)(H,84,97)/t46-,47-,49?,50?,52?,53?,54?,55-,56-,57-,58-,59-,60-,63-,64-/m0/s1. The van der Waals surface area contributed by atoms with Crippen LogP contribution in [0.25, 0.3) is 0 Å². The molecule has 7 aliphatic rings. The lowest BCUT2D eigenvalue weighted by Gasteiger charge is -2.45. The van der Waals surface area contributed by atoms with Crippen LogP contribution < -0.4 is 16.0 Å². The molecule has 3 unspecified atom stereocenters. The van der Waals surface area contributed by atoms with Gasteiger partial charge in [-0.05, 0) is 152 Å². The fraction of sp³-hybridized carbons (Fsp3) is 0.842. The normalized spacial score (nSPS) is 31.8. The molecule has 0 aromatic heterocycles. The van der Waals surface area contributed by atoms with Gasteiger partial charge < -0.3 is 60.0 Å². The van der Waals surface area contributed by atoms with Crippen LogP contribution in [0, 0.1) is 41.4 Å². The molecule has 12 amide bonds. The Morgan fingerprint density at radius 1 is 0.610 bits per heavy atom. The molecule has 7 fully saturated rings. The van der Waals surface area contributed by atoms with Gasteiger partial charge in [-0.1, -0.05) is 91.9 Å².